The lowest BCUT2D eigenvalue weighted by molar-refractivity contribution is 0.463. The molecule has 0 radical (unpaired) electrons. The summed E-state index contributed by atoms with van der Waals surface area (Å²) in [5.41, 5.74) is 8.38. The van der Waals surface area contributed by atoms with E-state index in [1.807, 2.05) is 12.1 Å². The molecule has 3 aromatic rings. The molecule has 0 fully saturated rings. The summed E-state index contributed by atoms with van der Waals surface area (Å²) in [4.78, 5) is 13.0. The van der Waals surface area contributed by atoms with Crippen molar-refractivity contribution in [2.75, 3.05) is 5.73 Å². The lowest BCUT2D eigenvalue weighted by Gasteiger charge is -2.07. The number of pyridine rings is 1. The number of nitrogen functional groups attached to an aromatic ring is 1. The molecule has 0 atom stereocenters. The quantitative estimate of drug-likeness (QED) is 0.434. The minimum absolute atomic E-state index is 0.130. The Morgan fingerprint density at radius 2 is 1.81 bits per heavy atom. The van der Waals surface area contributed by atoms with Gasteiger partial charge in [0.2, 0.25) is 11.8 Å². The minimum atomic E-state index is -0.288. The van der Waals surface area contributed by atoms with Gasteiger partial charge in [-0.3, -0.25) is 0 Å². The van der Waals surface area contributed by atoms with E-state index in [0.717, 1.165) is 18.4 Å². The first-order valence-electron chi connectivity index (χ1n) is 9.19. The molecule has 0 unspecified atom stereocenters. The maximum absolute atomic E-state index is 13.2. The van der Waals surface area contributed by atoms with E-state index in [2.05, 4.69) is 21.9 Å². The number of allylic oxidation sites excluding steroid dienone is 1. The fourth-order valence-corrected chi connectivity index (χ4v) is 2.74. The number of rotatable bonds is 8. The molecule has 1 aromatic carbocycles. The van der Waals surface area contributed by atoms with Crippen molar-refractivity contribution in [1.82, 2.24) is 15.0 Å². The summed E-state index contributed by atoms with van der Waals surface area (Å²) < 4.78 is 18.8. The Balaban J connectivity index is 1.82. The van der Waals surface area contributed by atoms with Gasteiger partial charge in [0.15, 0.2) is 5.52 Å². The summed E-state index contributed by atoms with van der Waals surface area (Å²) in [5, 5.41) is 0. The summed E-state index contributed by atoms with van der Waals surface area (Å²) in [6.07, 6.45) is 9.36. The summed E-state index contributed by atoms with van der Waals surface area (Å²) in [6, 6.07) is 9.78. The normalized spacial score (nSPS) is 11.3. The predicted molar refractivity (Wildman–Crippen MR) is 106 cm³/mol. The standard InChI is InChI=1S/C21H23FN4O/c1-2-3-4-5-6-7-14-27-20-19-18(25-21(23)26-20)13-12-17(24-19)15-8-10-16(22)11-9-15/h7-14H,2-6H2,1H3,(H2,23,25,26). The molecule has 27 heavy (non-hydrogen) atoms. The van der Waals surface area contributed by atoms with E-state index in [1.165, 1.54) is 31.4 Å². The van der Waals surface area contributed by atoms with E-state index in [9.17, 15) is 4.39 Å². The SMILES string of the molecule is CCCCCCC=COc1nc(N)nc2ccc(-c3ccc(F)cc3)nc12. The third-order valence-corrected chi connectivity index (χ3v) is 4.17. The first-order chi connectivity index (χ1) is 13.2. The second-order valence-electron chi connectivity index (χ2n) is 6.30. The Morgan fingerprint density at radius 3 is 2.59 bits per heavy atom. The molecule has 0 spiro atoms. The Bertz CT molecular complexity index is 925. The van der Waals surface area contributed by atoms with Crippen LogP contribution in [0.4, 0.5) is 10.3 Å². The molecular weight excluding hydrogens is 343 g/mol. The van der Waals surface area contributed by atoms with Crippen LogP contribution in [0.2, 0.25) is 0 Å². The number of benzene rings is 1. The number of nitrogens with two attached hydrogens (primary N) is 1. The van der Waals surface area contributed by atoms with Gasteiger partial charge < -0.3 is 10.5 Å². The fraction of sp³-hybridized carbons (Fsp3) is 0.286. The Hall–Kier alpha value is -3.02. The maximum Gasteiger partial charge on any atom is 0.250 e. The minimum Gasteiger partial charge on any atom is -0.445 e. The number of halogens is 1. The van der Waals surface area contributed by atoms with Crippen molar-refractivity contribution >= 4 is 17.0 Å². The highest BCUT2D eigenvalue weighted by molar-refractivity contribution is 5.83. The lowest BCUT2D eigenvalue weighted by Crippen LogP contribution is -2.00. The van der Waals surface area contributed by atoms with E-state index in [1.54, 1.807) is 24.5 Å². The number of aromatic nitrogens is 3. The van der Waals surface area contributed by atoms with E-state index < -0.39 is 0 Å². The number of hydrogen-bond donors (Lipinski definition) is 1. The van der Waals surface area contributed by atoms with Crippen molar-refractivity contribution in [3.05, 3.63) is 54.6 Å². The average molecular weight is 366 g/mol. The third-order valence-electron chi connectivity index (χ3n) is 4.17. The van der Waals surface area contributed by atoms with E-state index >= 15 is 0 Å². The van der Waals surface area contributed by atoms with Gasteiger partial charge in [-0.05, 0) is 55.3 Å². The first-order valence-corrected chi connectivity index (χ1v) is 9.19. The largest absolute Gasteiger partial charge is 0.445 e. The van der Waals surface area contributed by atoms with Crippen LogP contribution in [0.15, 0.2) is 48.7 Å². The van der Waals surface area contributed by atoms with Crippen molar-refractivity contribution in [2.24, 2.45) is 0 Å². The van der Waals surface area contributed by atoms with E-state index in [0.29, 0.717) is 22.6 Å². The Morgan fingerprint density at radius 1 is 1.00 bits per heavy atom. The molecule has 2 N–H and O–H groups in total. The van der Waals surface area contributed by atoms with Crippen molar-refractivity contribution in [2.45, 2.75) is 39.0 Å². The highest BCUT2D eigenvalue weighted by atomic mass is 19.1. The molecule has 0 amide bonds. The van der Waals surface area contributed by atoms with Crippen LogP contribution in [-0.4, -0.2) is 15.0 Å². The Labute approximate surface area is 158 Å². The zero-order chi connectivity index (χ0) is 19.1. The number of unbranched alkanes of at least 4 members (excludes halogenated alkanes) is 4. The molecule has 0 aliphatic rings. The van der Waals surface area contributed by atoms with Gasteiger partial charge in [-0.1, -0.05) is 26.2 Å². The van der Waals surface area contributed by atoms with Gasteiger partial charge in [0.1, 0.15) is 5.82 Å². The van der Waals surface area contributed by atoms with Gasteiger partial charge in [0.05, 0.1) is 17.5 Å². The smallest absolute Gasteiger partial charge is 0.250 e. The fourth-order valence-electron chi connectivity index (χ4n) is 2.74. The molecule has 3 rings (SSSR count). The van der Waals surface area contributed by atoms with E-state index in [-0.39, 0.29) is 11.8 Å². The highest BCUT2D eigenvalue weighted by Crippen LogP contribution is 2.26. The third kappa shape index (κ3) is 5.00. The van der Waals surface area contributed by atoms with Crippen molar-refractivity contribution < 1.29 is 9.13 Å². The molecule has 2 heterocycles. The van der Waals surface area contributed by atoms with Gasteiger partial charge in [0, 0.05) is 5.56 Å². The zero-order valence-electron chi connectivity index (χ0n) is 15.4. The Kier molecular flexibility index (Phi) is 6.30. The van der Waals surface area contributed by atoms with Gasteiger partial charge in [0.25, 0.3) is 0 Å². The molecular formula is C21H23FN4O. The summed E-state index contributed by atoms with van der Waals surface area (Å²) >= 11 is 0. The van der Waals surface area contributed by atoms with Crippen LogP contribution in [0, 0.1) is 5.82 Å². The van der Waals surface area contributed by atoms with Gasteiger partial charge >= 0.3 is 0 Å². The van der Waals surface area contributed by atoms with Crippen LogP contribution >= 0.6 is 0 Å². The molecule has 0 saturated heterocycles. The van der Waals surface area contributed by atoms with Crippen LogP contribution in [0.3, 0.4) is 0 Å². The average Bonchev–Trinajstić information content (AvgIpc) is 2.67. The van der Waals surface area contributed by atoms with Crippen molar-refractivity contribution in [3.63, 3.8) is 0 Å². The van der Waals surface area contributed by atoms with Crippen LogP contribution in [0.25, 0.3) is 22.3 Å². The number of ether oxygens (including phenoxy) is 1. The molecule has 6 heteroatoms. The lowest BCUT2D eigenvalue weighted by atomic mass is 10.1. The predicted octanol–water partition coefficient (Wildman–Crippen LogP) is 5.28. The van der Waals surface area contributed by atoms with Gasteiger partial charge in [-0.2, -0.15) is 4.98 Å². The van der Waals surface area contributed by atoms with Crippen molar-refractivity contribution in [3.8, 4) is 17.1 Å². The van der Waals surface area contributed by atoms with E-state index in [4.69, 9.17) is 10.5 Å². The van der Waals surface area contributed by atoms with Gasteiger partial charge in [-0.25, -0.2) is 14.4 Å². The van der Waals surface area contributed by atoms with Crippen LogP contribution in [0.5, 0.6) is 5.88 Å². The van der Waals surface area contributed by atoms with Crippen LogP contribution in [-0.2, 0) is 0 Å². The molecule has 5 nitrogen and oxygen atoms in total. The molecule has 0 aliphatic carbocycles. The number of anilines is 1. The first kappa shape index (κ1) is 18.8. The molecule has 2 aromatic heterocycles. The zero-order valence-corrected chi connectivity index (χ0v) is 15.4. The monoisotopic (exact) mass is 366 g/mol. The van der Waals surface area contributed by atoms with Gasteiger partial charge in [-0.15, -0.1) is 0 Å². The van der Waals surface area contributed by atoms with Crippen LogP contribution in [0.1, 0.15) is 39.0 Å². The maximum atomic E-state index is 13.2. The molecule has 0 bridgehead atoms. The summed E-state index contributed by atoms with van der Waals surface area (Å²) in [5.74, 6) is 0.153. The summed E-state index contributed by atoms with van der Waals surface area (Å²) in [6.45, 7) is 2.19. The molecule has 140 valence electrons. The highest BCUT2D eigenvalue weighted by Gasteiger charge is 2.10. The topological polar surface area (TPSA) is 73.9 Å². The number of fused-ring (bicyclic) bond motifs is 1. The second-order valence-corrected chi connectivity index (χ2v) is 6.30. The molecule has 0 aliphatic heterocycles. The number of hydrogen-bond acceptors (Lipinski definition) is 5. The van der Waals surface area contributed by atoms with Crippen LogP contribution < -0.4 is 10.5 Å². The molecule has 0 saturated carbocycles. The van der Waals surface area contributed by atoms with Crippen molar-refractivity contribution in [1.29, 1.82) is 0 Å². The second kappa shape index (κ2) is 9.07. The summed E-state index contributed by atoms with van der Waals surface area (Å²) in [7, 11) is 0. The number of nitrogens with zero attached hydrogens (tertiary/aromatic N) is 3.